The summed E-state index contributed by atoms with van der Waals surface area (Å²) in [5.41, 5.74) is 15.0. The molecule has 0 aliphatic carbocycles. The molecular weight excluding hydrogens is 981 g/mol. The molecule has 0 atom stereocenters. The summed E-state index contributed by atoms with van der Waals surface area (Å²) in [6, 6.07) is 80.2. The number of hydrogen-bond donors (Lipinski definition) is 0. The molecule has 0 bridgehead atoms. The standard InChI is InChI=1S/C57H35N3O.U/c1-5-17-38(18-6-1)43-31-32-52-51(37-43)54-50(29-16-30-53(54)61-52)57-59-55(41-23-11-4-12-24-41)58-56(60-57)49-28-14-13-27-48(49)44-26-15-25-42(33-44)47-35-45(39-19-7-2-8-20-39)34-46(36-47)40-21-9-3-10-22-40;/h1-25,28-37H;/q-2;+2. The van der Waals surface area contributed by atoms with Crippen molar-refractivity contribution in [3.8, 4) is 89.8 Å². The van der Waals surface area contributed by atoms with Crippen LogP contribution in [0.4, 0.5) is 0 Å². The molecule has 2 heterocycles. The predicted octanol–water partition coefficient (Wildman–Crippen LogP) is 14.7. The van der Waals surface area contributed by atoms with Crippen LogP contribution in [0.2, 0.25) is 0 Å². The first-order valence-electron chi connectivity index (χ1n) is 20.3. The molecule has 0 fully saturated rings. The van der Waals surface area contributed by atoms with Crippen LogP contribution in [0.25, 0.3) is 112 Å². The van der Waals surface area contributed by atoms with Gasteiger partial charge in [0.25, 0.3) is 0 Å². The van der Waals surface area contributed by atoms with Crippen molar-refractivity contribution in [3.63, 3.8) is 0 Å². The Labute approximate surface area is 384 Å². The summed E-state index contributed by atoms with van der Waals surface area (Å²) in [5, 5.41) is 1.96. The van der Waals surface area contributed by atoms with Gasteiger partial charge in [-0.25, -0.2) is 26.1 Å². The van der Waals surface area contributed by atoms with Crippen LogP contribution in [0.15, 0.2) is 217 Å². The first kappa shape index (κ1) is 39.0. The molecule has 0 amide bonds. The average Bonchev–Trinajstić information content (AvgIpc) is 3.73. The Hall–Kier alpha value is -7.16. The van der Waals surface area contributed by atoms with E-state index < -0.39 is 0 Å². The van der Waals surface area contributed by atoms with Crippen LogP contribution in [0.3, 0.4) is 0 Å². The van der Waals surface area contributed by atoms with Crippen LogP contribution in [0, 0.1) is 43.2 Å². The quantitative estimate of drug-likeness (QED) is 0.142. The number of rotatable bonds is 8. The van der Waals surface area contributed by atoms with Crippen LogP contribution in [-0.2, 0) is 0 Å². The van der Waals surface area contributed by atoms with E-state index in [-0.39, 0.29) is 31.1 Å². The van der Waals surface area contributed by atoms with Gasteiger partial charge in [0, 0.05) is 21.9 Å². The second-order valence-electron chi connectivity index (χ2n) is 15.0. The van der Waals surface area contributed by atoms with Gasteiger partial charge < -0.3 is 4.42 Å². The summed E-state index contributed by atoms with van der Waals surface area (Å²) in [7, 11) is 0. The molecule has 288 valence electrons. The third-order valence-electron chi connectivity index (χ3n) is 11.2. The Morgan fingerprint density at radius 2 is 0.871 bits per heavy atom. The zero-order valence-corrected chi connectivity index (χ0v) is 37.6. The van der Waals surface area contributed by atoms with Gasteiger partial charge in [-0.2, -0.15) is 30.3 Å². The van der Waals surface area contributed by atoms with Crippen LogP contribution in [0.5, 0.6) is 0 Å². The first-order valence-corrected chi connectivity index (χ1v) is 20.3. The molecule has 2 aromatic heterocycles. The molecule has 0 unspecified atom stereocenters. The molecule has 5 heteroatoms. The molecule has 11 aromatic rings. The third kappa shape index (κ3) is 7.58. The summed E-state index contributed by atoms with van der Waals surface area (Å²) < 4.78 is 6.44. The van der Waals surface area contributed by atoms with Gasteiger partial charge >= 0.3 is 31.1 Å². The summed E-state index contributed by atoms with van der Waals surface area (Å²) >= 11 is 0. The summed E-state index contributed by atoms with van der Waals surface area (Å²) in [5.74, 6) is 1.68. The van der Waals surface area contributed by atoms with E-state index in [9.17, 15) is 0 Å². The van der Waals surface area contributed by atoms with Gasteiger partial charge in [0.1, 0.15) is 17.0 Å². The Morgan fingerprint density at radius 3 is 1.52 bits per heavy atom. The summed E-state index contributed by atoms with van der Waals surface area (Å²) in [6.07, 6.45) is 0. The summed E-state index contributed by atoms with van der Waals surface area (Å²) in [6.45, 7) is 0. The topological polar surface area (TPSA) is 51.8 Å². The minimum atomic E-state index is 0. The number of aromatic nitrogens is 3. The molecule has 0 aliphatic heterocycles. The Bertz CT molecular complexity index is 3290. The second kappa shape index (κ2) is 17.1. The van der Waals surface area contributed by atoms with Gasteiger partial charge in [-0.3, -0.25) is 0 Å². The van der Waals surface area contributed by atoms with E-state index in [1.54, 1.807) is 0 Å². The van der Waals surface area contributed by atoms with Crippen molar-refractivity contribution in [2.75, 3.05) is 0 Å². The fourth-order valence-corrected chi connectivity index (χ4v) is 8.18. The van der Waals surface area contributed by atoms with Crippen molar-refractivity contribution in [2.45, 2.75) is 0 Å². The Balaban J connectivity index is 0.00000458. The van der Waals surface area contributed by atoms with Gasteiger partial charge in [0.15, 0.2) is 11.6 Å². The fraction of sp³-hybridized carbons (Fsp3) is 0. The van der Waals surface area contributed by atoms with E-state index in [0.29, 0.717) is 17.5 Å². The van der Waals surface area contributed by atoms with E-state index in [2.05, 4.69) is 152 Å². The predicted molar refractivity (Wildman–Crippen MR) is 248 cm³/mol. The maximum atomic E-state index is 6.44. The number of benzene rings is 9. The van der Waals surface area contributed by atoms with E-state index in [0.717, 1.165) is 83.1 Å². The molecule has 11 rings (SSSR count). The van der Waals surface area contributed by atoms with Gasteiger partial charge in [0.05, 0.1) is 0 Å². The van der Waals surface area contributed by atoms with Crippen LogP contribution in [0.1, 0.15) is 0 Å². The number of fused-ring (bicyclic) bond motifs is 3. The zero-order valence-electron chi connectivity index (χ0n) is 33.5. The van der Waals surface area contributed by atoms with Crippen molar-refractivity contribution in [1.82, 2.24) is 15.0 Å². The van der Waals surface area contributed by atoms with Gasteiger partial charge in [0.2, 0.25) is 0 Å². The van der Waals surface area contributed by atoms with Gasteiger partial charge in [-0.1, -0.05) is 140 Å². The average molecular weight is 1020 g/mol. The van der Waals surface area contributed by atoms with Crippen molar-refractivity contribution in [3.05, 3.63) is 224 Å². The molecular formula is C57H35N3OU. The van der Waals surface area contributed by atoms with E-state index in [1.807, 2.05) is 72.8 Å². The summed E-state index contributed by atoms with van der Waals surface area (Å²) in [4.78, 5) is 15.6. The van der Waals surface area contributed by atoms with E-state index >= 15 is 0 Å². The first-order chi connectivity index (χ1) is 30.2. The van der Waals surface area contributed by atoms with Crippen molar-refractivity contribution < 1.29 is 35.5 Å². The van der Waals surface area contributed by atoms with Crippen LogP contribution in [-0.4, -0.2) is 15.0 Å². The minimum absolute atomic E-state index is 0. The van der Waals surface area contributed by atoms with E-state index in [1.165, 1.54) is 11.1 Å². The smallest absolute Gasteiger partial charge is 0.456 e. The molecule has 0 N–H and O–H groups in total. The Kier molecular flexibility index (Phi) is 10.7. The molecule has 62 heavy (non-hydrogen) atoms. The molecule has 0 aliphatic rings. The zero-order chi connectivity index (χ0) is 40.5. The van der Waals surface area contributed by atoms with Gasteiger partial charge in [-0.15, -0.1) is 29.3 Å². The van der Waals surface area contributed by atoms with Crippen LogP contribution < -0.4 is 0 Å². The maximum Gasteiger partial charge on any atom is 2.00 e. The van der Waals surface area contributed by atoms with Gasteiger partial charge in [-0.05, 0) is 75.3 Å². The monoisotopic (exact) mass is 1020 g/mol. The fourth-order valence-electron chi connectivity index (χ4n) is 8.18. The normalized spacial score (nSPS) is 11.1. The van der Waals surface area contributed by atoms with Crippen molar-refractivity contribution in [1.29, 1.82) is 0 Å². The van der Waals surface area contributed by atoms with Crippen molar-refractivity contribution >= 4 is 21.9 Å². The maximum absolute atomic E-state index is 6.44. The molecule has 0 spiro atoms. The Morgan fingerprint density at radius 1 is 0.339 bits per heavy atom. The third-order valence-corrected chi connectivity index (χ3v) is 11.2. The SMILES string of the molecule is [U+2].[c-]1ccc(-c2cc(-c3ccccc3)cc(-c3ccccc3)c2)cc1-c1[c-]cccc1-c1nc(-c2ccccc2)nc(-c2cccc3oc4ccc(-c5ccccc5)cc4c23)n1. The molecule has 0 saturated heterocycles. The molecule has 0 saturated carbocycles. The largest absolute Gasteiger partial charge is 2.00 e. The number of furan rings is 1. The molecule has 4 nitrogen and oxygen atoms in total. The van der Waals surface area contributed by atoms with Crippen LogP contribution >= 0.6 is 0 Å². The number of nitrogens with zero attached hydrogens (tertiary/aromatic N) is 3. The van der Waals surface area contributed by atoms with E-state index in [4.69, 9.17) is 19.4 Å². The molecule has 9 aromatic carbocycles. The van der Waals surface area contributed by atoms with Crippen molar-refractivity contribution in [2.24, 2.45) is 0 Å². The second-order valence-corrected chi connectivity index (χ2v) is 15.0. The molecule has 0 radical (unpaired) electrons. The number of hydrogen-bond acceptors (Lipinski definition) is 4. The minimum Gasteiger partial charge on any atom is -0.456 e.